The second-order valence-corrected chi connectivity index (χ2v) is 10.5. The van der Waals surface area contributed by atoms with Gasteiger partial charge in [0.2, 0.25) is 21.8 Å². The first-order valence-corrected chi connectivity index (χ1v) is 12.8. The van der Waals surface area contributed by atoms with Crippen LogP contribution in [0.4, 0.5) is 0 Å². The van der Waals surface area contributed by atoms with Crippen molar-refractivity contribution in [2.75, 3.05) is 6.54 Å². The zero-order valence-corrected chi connectivity index (χ0v) is 20.1. The maximum Gasteiger partial charge on any atom is 0.243 e. The molecule has 0 saturated heterocycles. The number of hydrogen-bond acceptors (Lipinski definition) is 6. The van der Waals surface area contributed by atoms with Gasteiger partial charge in [-0.25, -0.2) is 13.1 Å². The average molecular weight is 490 g/mol. The fourth-order valence-electron chi connectivity index (χ4n) is 3.35. The molecule has 0 saturated carbocycles. The van der Waals surface area contributed by atoms with E-state index >= 15 is 0 Å². The van der Waals surface area contributed by atoms with E-state index in [1.54, 1.807) is 30.3 Å². The van der Waals surface area contributed by atoms with E-state index in [9.17, 15) is 18.0 Å². The predicted molar refractivity (Wildman–Crippen MR) is 126 cm³/mol. The summed E-state index contributed by atoms with van der Waals surface area (Å²) in [6, 6.07) is 14.3. The molecule has 0 spiro atoms. The van der Waals surface area contributed by atoms with Crippen LogP contribution in [0.2, 0.25) is 0 Å². The molecule has 0 aliphatic carbocycles. The molecule has 3 aromatic rings. The monoisotopic (exact) mass is 489 g/mol. The lowest BCUT2D eigenvalue weighted by atomic mass is 10.0. The van der Waals surface area contributed by atoms with Crippen molar-refractivity contribution in [2.24, 2.45) is 5.92 Å². The van der Waals surface area contributed by atoms with Crippen LogP contribution in [0.5, 0.6) is 0 Å². The molecule has 0 bridgehead atoms. The van der Waals surface area contributed by atoms with Crippen LogP contribution in [0, 0.1) is 5.92 Å². The molecule has 2 N–H and O–H groups in total. The van der Waals surface area contributed by atoms with Gasteiger partial charge in [0, 0.05) is 4.88 Å². The Morgan fingerprint density at radius 3 is 2.42 bits per heavy atom. The average Bonchev–Trinajstić information content (AvgIpc) is 3.50. The number of rotatable bonds is 11. The second-order valence-electron chi connectivity index (χ2n) is 7.72. The molecule has 3 rings (SSSR count). The fourth-order valence-corrected chi connectivity index (χ4v) is 5.05. The molecule has 1 aromatic carbocycles. The Morgan fingerprint density at radius 2 is 1.82 bits per heavy atom. The Balaban J connectivity index is 1.77. The van der Waals surface area contributed by atoms with Crippen molar-refractivity contribution >= 4 is 33.2 Å². The number of thiophene rings is 1. The minimum atomic E-state index is -3.86. The second kappa shape index (κ2) is 11.3. The summed E-state index contributed by atoms with van der Waals surface area (Å²) in [6.07, 6.45) is 1.52. The Hall–Kier alpha value is -2.95. The topological polar surface area (TPSA) is 109 Å². The van der Waals surface area contributed by atoms with E-state index in [4.69, 9.17) is 4.42 Å². The molecule has 0 radical (unpaired) electrons. The lowest BCUT2D eigenvalue weighted by Crippen LogP contribution is -2.53. The third-order valence-electron chi connectivity index (χ3n) is 4.95. The van der Waals surface area contributed by atoms with Gasteiger partial charge in [-0.15, -0.1) is 11.3 Å². The highest BCUT2D eigenvalue weighted by Crippen LogP contribution is 2.19. The van der Waals surface area contributed by atoms with Gasteiger partial charge < -0.3 is 14.6 Å². The lowest BCUT2D eigenvalue weighted by molar-refractivity contribution is -0.142. The highest BCUT2D eigenvalue weighted by atomic mass is 32.2. The van der Waals surface area contributed by atoms with Crippen molar-refractivity contribution in [3.63, 3.8) is 0 Å². The molecule has 33 heavy (non-hydrogen) atoms. The largest absolute Gasteiger partial charge is 0.467 e. The van der Waals surface area contributed by atoms with Crippen molar-refractivity contribution in [2.45, 2.75) is 37.9 Å². The van der Waals surface area contributed by atoms with Gasteiger partial charge in [0.1, 0.15) is 11.8 Å². The minimum Gasteiger partial charge on any atom is -0.467 e. The van der Waals surface area contributed by atoms with Crippen LogP contribution in [-0.4, -0.2) is 37.7 Å². The first-order chi connectivity index (χ1) is 15.8. The van der Waals surface area contributed by atoms with Gasteiger partial charge in [0.25, 0.3) is 0 Å². The van der Waals surface area contributed by atoms with E-state index < -0.39 is 28.5 Å². The number of amides is 2. The number of hydrogen-bond donors (Lipinski definition) is 2. The number of nitrogens with zero attached hydrogens (tertiary/aromatic N) is 1. The fraction of sp³-hybridized carbons (Fsp3) is 0.304. The normalized spacial score (nSPS) is 12.5. The van der Waals surface area contributed by atoms with Gasteiger partial charge in [-0.05, 0) is 41.6 Å². The van der Waals surface area contributed by atoms with E-state index in [2.05, 4.69) is 10.0 Å². The van der Waals surface area contributed by atoms with Crippen molar-refractivity contribution < 1.29 is 22.4 Å². The third-order valence-corrected chi connectivity index (χ3v) is 7.22. The summed E-state index contributed by atoms with van der Waals surface area (Å²) in [5.74, 6) is -0.444. The molecule has 0 aliphatic heterocycles. The number of nitrogens with one attached hydrogen (secondary N) is 2. The summed E-state index contributed by atoms with van der Waals surface area (Å²) >= 11 is 1.46. The van der Waals surface area contributed by atoms with Crippen molar-refractivity contribution in [1.29, 1.82) is 0 Å². The molecule has 2 heterocycles. The van der Waals surface area contributed by atoms with Gasteiger partial charge in [0.05, 0.1) is 30.8 Å². The van der Waals surface area contributed by atoms with E-state index in [0.29, 0.717) is 5.76 Å². The Bertz CT molecular complexity index is 1130. The van der Waals surface area contributed by atoms with E-state index in [1.807, 2.05) is 31.4 Å². The Labute approximate surface area is 197 Å². The van der Waals surface area contributed by atoms with Gasteiger partial charge in [0.15, 0.2) is 0 Å². The molecule has 10 heteroatoms. The van der Waals surface area contributed by atoms with E-state index in [0.717, 1.165) is 4.88 Å². The molecule has 1 unspecified atom stereocenters. The first kappa shape index (κ1) is 24.7. The predicted octanol–water partition coefficient (Wildman–Crippen LogP) is 2.99. The van der Waals surface area contributed by atoms with Crippen LogP contribution < -0.4 is 10.0 Å². The SMILES string of the molecule is CC(C)C(C(=O)NCc1ccco1)N(Cc1cccs1)C(=O)CNS(=O)(=O)c1ccccc1. The van der Waals surface area contributed by atoms with Crippen LogP contribution in [0.15, 0.2) is 75.6 Å². The number of carbonyl (C=O) groups excluding carboxylic acids is 2. The number of benzene rings is 1. The smallest absolute Gasteiger partial charge is 0.243 e. The maximum absolute atomic E-state index is 13.2. The molecular formula is C23H27N3O5S2. The minimum absolute atomic E-state index is 0.0687. The van der Waals surface area contributed by atoms with Crippen LogP contribution >= 0.6 is 11.3 Å². The van der Waals surface area contributed by atoms with Crippen LogP contribution in [0.1, 0.15) is 24.5 Å². The highest BCUT2D eigenvalue weighted by molar-refractivity contribution is 7.89. The summed E-state index contributed by atoms with van der Waals surface area (Å²) in [5.41, 5.74) is 0. The van der Waals surface area contributed by atoms with Gasteiger partial charge in [-0.3, -0.25) is 9.59 Å². The number of sulfonamides is 1. The van der Waals surface area contributed by atoms with E-state index in [1.165, 1.54) is 34.6 Å². The van der Waals surface area contributed by atoms with Crippen LogP contribution in [-0.2, 0) is 32.7 Å². The number of carbonyl (C=O) groups is 2. The first-order valence-electron chi connectivity index (χ1n) is 10.4. The van der Waals surface area contributed by atoms with Crippen LogP contribution in [0.3, 0.4) is 0 Å². The quantitative estimate of drug-likeness (QED) is 0.430. The van der Waals surface area contributed by atoms with Gasteiger partial charge in [-0.1, -0.05) is 38.1 Å². The zero-order chi connectivity index (χ0) is 23.8. The summed E-state index contributed by atoms with van der Waals surface area (Å²) in [4.78, 5) is 28.7. The molecule has 1 atom stereocenters. The Kier molecular flexibility index (Phi) is 8.43. The molecule has 8 nitrogen and oxygen atoms in total. The maximum atomic E-state index is 13.2. The Morgan fingerprint density at radius 1 is 1.06 bits per heavy atom. The molecule has 2 aromatic heterocycles. The zero-order valence-electron chi connectivity index (χ0n) is 18.4. The number of furan rings is 1. The highest BCUT2D eigenvalue weighted by Gasteiger charge is 2.33. The van der Waals surface area contributed by atoms with Crippen molar-refractivity contribution in [1.82, 2.24) is 14.9 Å². The molecule has 0 fully saturated rings. The summed E-state index contributed by atoms with van der Waals surface area (Å²) in [6.45, 7) is 3.62. The summed E-state index contributed by atoms with van der Waals surface area (Å²) in [7, 11) is -3.86. The molecule has 2 amide bonds. The van der Waals surface area contributed by atoms with Crippen LogP contribution in [0.25, 0.3) is 0 Å². The van der Waals surface area contributed by atoms with Crippen molar-refractivity contribution in [3.05, 3.63) is 76.9 Å². The van der Waals surface area contributed by atoms with Gasteiger partial charge in [-0.2, -0.15) is 0 Å². The van der Waals surface area contributed by atoms with Gasteiger partial charge >= 0.3 is 0 Å². The molecule has 176 valence electrons. The molecular weight excluding hydrogens is 462 g/mol. The molecule has 0 aliphatic rings. The standard InChI is InChI=1S/C23H27N3O5S2/c1-17(2)22(23(28)24-14-18-8-6-12-31-18)26(16-19-9-7-13-32-19)21(27)15-25-33(29,30)20-10-4-3-5-11-20/h3-13,17,22,25H,14-16H2,1-2H3,(H,24,28). The van der Waals surface area contributed by atoms with Crippen molar-refractivity contribution in [3.8, 4) is 0 Å². The summed E-state index contributed by atoms with van der Waals surface area (Å²) < 4.78 is 32.8. The third kappa shape index (κ3) is 6.77. The lowest BCUT2D eigenvalue weighted by Gasteiger charge is -2.33. The summed E-state index contributed by atoms with van der Waals surface area (Å²) in [5, 5.41) is 4.70. The van der Waals surface area contributed by atoms with E-state index in [-0.39, 0.29) is 29.8 Å².